The predicted molar refractivity (Wildman–Crippen MR) is 46.1 cm³/mol. The summed E-state index contributed by atoms with van der Waals surface area (Å²) in [4.78, 5) is 0. The van der Waals surface area contributed by atoms with Crippen LogP contribution in [-0.4, -0.2) is 18.3 Å². The molecule has 14 heavy (non-hydrogen) atoms. The van der Waals surface area contributed by atoms with Gasteiger partial charge in [-0.1, -0.05) is 5.92 Å². The van der Waals surface area contributed by atoms with Crippen molar-refractivity contribution >= 4 is 0 Å². The van der Waals surface area contributed by atoms with Gasteiger partial charge in [-0.3, -0.25) is 5.32 Å². The summed E-state index contributed by atoms with van der Waals surface area (Å²) in [7, 11) is 0. The Morgan fingerprint density at radius 3 is 2.21 bits per heavy atom. The highest BCUT2D eigenvalue weighted by molar-refractivity contribution is 5.08. The van der Waals surface area contributed by atoms with Crippen molar-refractivity contribution in [2.24, 2.45) is 5.92 Å². The van der Waals surface area contributed by atoms with E-state index in [1.807, 2.05) is 0 Å². The fraction of sp³-hybridized carbons (Fsp3) is 0.667. The van der Waals surface area contributed by atoms with Crippen molar-refractivity contribution in [3.05, 3.63) is 0 Å². The molecule has 0 aromatic rings. The first kappa shape index (κ1) is 12.8. The molecule has 1 N–H and O–H groups in total. The molecule has 0 aromatic carbocycles. The number of terminal acetylenes is 1. The number of nitriles is 1. The van der Waals surface area contributed by atoms with Crippen molar-refractivity contribution in [3.8, 4) is 18.4 Å². The van der Waals surface area contributed by atoms with Gasteiger partial charge in [-0.25, -0.2) is 0 Å². The molecular weight excluding hydrogens is 193 g/mol. The van der Waals surface area contributed by atoms with E-state index in [0.29, 0.717) is 0 Å². The Bertz CT molecular complexity index is 267. The maximum Gasteiger partial charge on any atom is 0.405 e. The van der Waals surface area contributed by atoms with Gasteiger partial charge in [-0.15, -0.1) is 6.42 Å². The van der Waals surface area contributed by atoms with E-state index < -0.39 is 24.2 Å². The standard InChI is InChI=1S/C9H11F3N2/c1-4-8(2,3)14-6-7(5-13)9(10,11)12/h1,7,14H,6H2,2-3H3. The molecule has 0 aliphatic heterocycles. The quantitative estimate of drug-likeness (QED) is 0.710. The summed E-state index contributed by atoms with van der Waals surface area (Å²) in [6, 6.07) is 1.18. The van der Waals surface area contributed by atoms with Crippen LogP contribution in [-0.2, 0) is 0 Å². The highest BCUT2D eigenvalue weighted by Gasteiger charge is 2.40. The first-order valence-electron chi connectivity index (χ1n) is 3.92. The molecule has 2 nitrogen and oxygen atoms in total. The Balaban J connectivity index is 4.28. The van der Waals surface area contributed by atoms with Crippen LogP contribution >= 0.6 is 0 Å². The van der Waals surface area contributed by atoms with E-state index in [1.54, 1.807) is 13.8 Å². The number of rotatable bonds is 3. The van der Waals surface area contributed by atoms with E-state index in [-0.39, 0.29) is 0 Å². The van der Waals surface area contributed by atoms with Gasteiger partial charge in [-0.05, 0) is 13.8 Å². The van der Waals surface area contributed by atoms with Gasteiger partial charge in [0.15, 0.2) is 5.92 Å². The maximum atomic E-state index is 12.1. The number of alkyl halides is 3. The molecule has 0 rings (SSSR count). The van der Waals surface area contributed by atoms with Gasteiger partial charge in [0, 0.05) is 6.54 Å². The van der Waals surface area contributed by atoms with Crippen molar-refractivity contribution in [1.82, 2.24) is 5.32 Å². The van der Waals surface area contributed by atoms with Crippen LogP contribution in [0, 0.1) is 29.6 Å². The van der Waals surface area contributed by atoms with Crippen LogP contribution in [0.5, 0.6) is 0 Å². The van der Waals surface area contributed by atoms with Gasteiger partial charge in [-0.2, -0.15) is 18.4 Å². The topological polar surface area (TPSA) is 35.8 Å². The van der Waals surface area contributed by atoms with Crippen LogP contribution in [0.25, 0.3) is 0 Å². The molecule has 0 bridgehead atoms. The van der Waals surface area contributed by atoms with Crippen LogP contribution in [0.1, 0.15) is 13.8 Å². The molecule has 1 unspecified atom stereocenters. The van der Waals surface area contributed by atoms with Crippen LogP contribution in [0.3, 0.4) is 0 Å². The van der Waals surface area contributed by atoms with Gasteiger partial charge in [0.05, 0.1) is 11.6 Å². The van der Waals surface area contributed by atoms with Crippen molar-refractivity contribution in [2.75, 3.05) is 6.54 Å². The zero-order valence-corrected chi connectivity index (χ0v) is 7.94. The Labute approximate surface area is 81.1 Å². The Hall–Kier alpha value is -1.20. The zero-order chi connectivity index (χ0) is 11.4. The molecule has 1 atom stereocenters. The fourth-order valence-electron chi connectivity index (χ4n) is 0.643. The molecule has 0 amide bonds. The summed E-state index contributed by atoms with van der Waals surface area (Å²) in [5.74, 6) is 0.266. The SMILES string of the molecule is C#CC(C)(C)NCC(C#N)C(F)(F)F. The van der Waals surface area contributed by atoms with Gasteiger partial charge in [0.1, 0.15) is 0 Å². The lowest BCUT2D eigenvalue weighted by Gasteiger charge is -2.22. The lowest BCUT2D eigenvalue weighted by molar-refractivity contribution is -0.158. The van der Waals surface area contributed by atoms with Gasteiger partial charge in [0.2, 0.25) is 0 Å². The van der Waals surface area contributed by atoms with Crippen LogP contribution in [0.15, 0.2) is 0 Å². The third-order valence-corrected chi connectivity index (χ3v) is 1.66. The summed E-state index contributed by atoms with van der Waals surface area (Å²) < 4.78 is 36.3. The monoisotopic (exact) mass is 204 g/mol. The third-order valence-electron chi connectivity index (χ3n) is 1.66. The maximum absolute atomic E-state index is 12.1. The minimum absolute atomic E-state index is 0.489. The number of hydrogen-bond donors (Lipinski definition) is 1. The Morgan fingerprint density at radius 1 is 1.43 bits per heavy atom. The summed E-state index contributed by atoms with van der Waals surface area (Å²) in [5.41, 5.74) is -0.833. The van der Waals surface area contributed by atoms with Crippen LogP contribution < -0.4 is 5.32 Å². The fourth-order valence-corrected chi connectivity index (χ4v) is 0.643. The number of nitrogens with one attached hydrogen (secondary N) is 1. The van der Waals surface area contributed by atoms with E-state index in [1.165, 1.54) is 6.07 Å². The Morgan fingerprint density at radius 2 is 1.93 bits per heavy atom. The number of hydrogen-bond acceptors (Lipinski definition) is 2. The molecule has 0 saturated heterocycles. The molecule has 0 fully saturated rings. The van der Waals surface area contributed by atoms with E-state index in [2.05, 4.69) is 11.2 Å². The molecule has 78 valence electrons. The highest BCUT2D eigenvalue weighted by atomic mass is 19.4. The molecule has 0 radical (unpaired) electrons. The second-order valence-corrected chi connectivity index (χ2v) is 3.37. The Kier molecular flexibility index (Phi) is 3.97. The van der Waals surface area contributed by atoms with Gasteiger partial charge >= 0.3 is 6.18 Å². The normalized spacial score (nSPS) is 14.2. The summed E-state index contributed by atoms with van der Waals surface area (Å²) in [6.07, 6.45) is 0.559. The predicted octanol–water partition coefficient (Wildman–Crippen LogP) is 1.69. The molecular formula is C9H11F3N2. The van der Waals surface area contributed by atoms with Crippen molar-refractivity contribution in [1.29, 1.82) is 5.26 Å². The molecule has 5 heteroatoms. The second kappa shape index (κ2) is 4.34. The average molecular weight is 204 g/mol. The van der Waals surface area contributed by atoms with E-state index >= 15 is 0 Å². The van der Waals surface area contributed by atoms with Gasteiger partial charge < -0.3 is 0 Å². The van der Waals surface area contributed by atoms with Crippen molar-refractivity contribution < 1.29 is 13.2 Å². The van der Waals surface area contributed by atoms with E-state index in [0.717, 1.165) is 0 Å². The second-order valence-electron chi connectivity index (χ2n) is 3.37. The van der Waals surface area contributed by atoms with Gasteiger partial charge in [0.25, 0.3) is 0 Å². The largest absolute Gasteiger partial charge is 0.405 e. The summed E-state index contributed by atoms with van der Waals surface area (Å²) >= 11 is 0. The van der Waals surface area contributed by atoms with Crippen molar-refractivity contribution in [3.63, 3.8) is 0 Å². The average Bonchev–Trinajstić information content (AvgIpc) is 2.03. The molecule has 0 aliphatic rings. The minimum Gasteiger partial charge on any atom is -0.300 e. The minimum atomic E-state index is -4.51. The summed E-state index contributed by atoms with van der Waals surface area (Å²) in [6.45, 7) is 2.65. The molecule has 0 heterocycles. The number of halogens is 3. The third kappa shape index (κ3) is 4.15. The molecule has 0 spiro atoms. The van der Waals surface area contributed by atoms with Crippen LogP contribution in [0.2, 0.25) is 0 Å². The first-order valence-corrected chi connectivity index (χ1v) is 3.92. The summed E-state index contributed by atoms with van der Waals surface area (Å²) in [5, 5.41) is 10.8. The lowest BCUT2D eigenvalue weighted by Crippen LogP contribution is -2.43. The highest BCUT2D eigenvalue weighted by Crippen LogP contribution is 2.25. The van der Waals surface area contributed by atoms with E-state index in [4.69, 9.17) is 11.7 Å². The molecule has 0 saturated carbocycles. The smallest absolute Gasteiger partial charge is 0.300 e. The first-order chi connectivity index (χ1) is 6.23. The van der Waals surface area contributed by atoms with Crippen molar-refractivity contribution in [2.45, 2.75) is 25.6 Å². The van der Waals surface area contributed by atoms with E-state index in [9.17, 15) is 13.2 Å². The molecule has 0 aliphatic carbocycles. The molecule has 0 aromatic heterocycles. The number of nitrogens with zero attached hydrogens (tertiary/aromatic N) is 1. The lowest BCUT2D eigenvalue weighted by atomic mass is 10.0. The zero-order valence-electron chi connectivity index (χ0n) is 7.94. The van der Waals surface area contributed by atoms with Crippen LogP contribution in [0.4, 0.5) is 13.2 Å².